The third kappa shape index (κ3) is 3.27. The van der Waals surface area contributed by atoms with Crippen LogP contribution in [0.4, 0.5) is 0 Å². The summed E-state index contributed by atoms with van der Waals surface area (Å²) in [7, 11) is 0. The molecule has 0 aliphatic carbocycles. The average molecular weight is 238 g/mol. The number of nitrogens with one attached hydrogen (secondary N) is 1. The molecule has 1 aromatic heterocycles. The molecule has 0 saturated heterocycles. The highest BCUT2D eigenvalue weighted by atomic mass is 32.2. The lowest BCUT2D eigenvalue weighted by Crippen LogP contribution is -2.36. The van der Waals surface area contributed by atoms with E-state index >= 15 is 0 Å². The molecular weight excluding hydrogens is 220 g/mol. The smallest absolute Gasteiger partial charge is 0.156 e. The van der Waals surface area contributed by atoms with E-state index in [0.717, 1.165) is 18.3 Å². The van der Waals surface area contributed by atoms with E-state index in [1.807, 2.05) is 24.3 Å². The molecule has 0 aromatic carbocycles. The zero-order valence-corrected chi connectivity index (χ0v) is 10.6. The Labute approximate surface area is 101 Å². The van der Waals surface area contributed by atoms with Crippen molar-refractivity contribution < 1.29 is 0 Å². The summed E-state index contributed by atoms with van der Waals surface area (Å²) >= 11 is 1.83. The molecule has 5 heteroatoms. The van der Waals surface area contributed by atoms with Crippen LogP contribution < -0.4 is 5.32 Å². The molecule has 1 aliphatic rings. The van der Waals surface area contributed by atoms with E-state index < -0.39 is 0 Å². The van der Waals surface area contributed by atoms with Crippen molar-refractivity contribution in [3.8, 4) is 0 Å². The Morgan fingerprint density at radius 1 is 1.69 bits per heavy atom. The number of hydrogen-bond donors (Lipinski definition) is 1. The summed E-state index contributed by atoms with van der Waals surface area (Å²) in [5.41, 5.74) is 0. The number of rotatable bonds is 3. The predicted octanol–water partition coefficient (Wildman–Crippen LogP) is 1.60. The Kier molecular flexibility index (Phi) is 3.88. The molecule has 0 amide bonds. The second-order valence-corrected chi connectivity index (χ2v) is 5.38. The van der Waals surface area contributed by atoms with Gasteiger partial charge in [0.15, 0.2) is 5.17 Å². The van der Waals surface area contributed by atoms with Crippen LogP contribution in [-0.2, 0) is 6.54 Å². The quantitative estimate of drug-likeness (QED) is 0.869. The largest absolute Gasteiger partial charge is 0.361 e. The van der Waals surface area contributed by atoms with E-state index in [4.69, 9.17) is 0 Å². The third-order valence-electron chi connectivity index (χ3n) is 2.46. The molecule has 0 saturated carbocycles. The summed E-state index contributed by atoms with van der Waals surface area (Å²) in [6.07, 6.45) is 5.63. The van der Waals surface area contributed by atoms with Gasteiger partial charge in [0.25, 0.3) is 0 Å². The summed E-state index contributed by atoms with van der Waals surface area (Å²) in [6.45, 7) is 6.28. The first-order valence-electron chi connectivity index (χ1n) is 5.63. The SMILES string of the molecule is CC1CN=C(NC(C)Cn2ccnc2)SC1. The first kappa shape index (κ1) is 11.5. The van der Waals surface area contributed by atoms with Crippen molar-refractivity contribution in [2.45, 2.75) is 26.4 Å². The summed E-state index contributed by atoms with van der Waals surface area (Å²) in [5, 5.41) is 4.53. The minimum atomic E-state index is 0.383. The van der Waals surface area contributed by atoms with Crippen molar-refractivity contribution in [2.75, 3.05) is 12.3 Å². The van der Waals surface area contributed by atoms with Crippen LogP contribution in [0.5, 0.6) is 0 Å². The lowest BCUT2D eigenvalue weighted by molar-refractivity contribution is 0.545. The lowest BCUT2D eigenvalue weighted by Gasteiger charge is -2.21. The second kappa shape index (κ2) is 5.39. The highest BCUT2D eigenvalue weighted by Crippen LogP contribution is 2.16. The number of nitrogens with zero attached hydrogens (tertiary/aromatic N) is 3. The van der Waals surface area contributed by atoms with Crippen molar-refractivity contribution in [1.29, 1.82) is 0 Å². The van der Waals surface area contributed by atoms with Crippen molar-refractivity contribution in [3.05, 3.63) is 18.7 Å². The van der Waals surface area contributed by atoms with Crippen LogP contribution in [0.3, 0.4) is 0 Å². The molecule has 2 unspecified atom stereocenters. The van der Waals surface area contributed by atoms with Gasteiger partial charge in [-0.3, -0.25) is 4.99 Å². The fourth-order valence-electron chi connectivity index (χ4n) is 1.61. The van der Waals surface area contributed by atoms with E-state index in [1.54, 1.807) is 6.20 Å². The number of imidazole rings is 1. The van der Waals surface area contributed by atoms with Gasteiger partial charge in [0, 0.05) is 37.3 Å². The van der Waals surface area contributed by atoms with E-state index in [2.05, 4.69) is 33.7 Å². The molecule has 0 radical (unpaired) electrons. The first-order chi connectivity index (χ1) is 7.74. The Morgan fingerprint density at radius 2 is 2.56 bits per heavy atom. The van der Waals surface area contributed by atoms with Crippen molar-refractivity contribution in [1.82, 2.24) is 14.9 Å². The van der Waals surface area contributed by atoms with Crippen LogP contribution in [-0.4, -0.2) is 33.1 Å². The number of aliphatic imine (C=N–C) groups is 1. The minimum Gasteiger partial charge on any atom is -0.361 e. The highest BCUT2D eigenvalue weighted by Gasteiger charge is 2.13. The van der Waals surface area contributed by atoms with Crippen molar-refractivity contribution in [3.63, 3.8) is 0 Å². The standard InChI is InChI=1S/C11H18N4S/c1-9-5-13-11(16-7-9)14-10(2)6-15-4-3-12-8-15/h3-4,8-10H,5-7H2,1-2H3,(H,13,14). The molecule has 0 bridgehead atoms. The fourth-order valence-corrected chi connectivity index (χ4v) is 2.61. The van der Waals surface area contributed by atoms with Crippen LogP contribution in [0.1, 0.15) is 13.8 Å². The maximum Gasteiger partial charge on any atom is 0.156 e. The molecule has 2 rings (SSSR count). The van der Waals surface area contributed by atoms with Crippen LogP contribution in [0.2, 0.25) is 0 Å². The molecule has 0 spiro atoms. The van der Waals surface area contributed by atoms with E-state index in [-0.39, 0.29) is 0 Å². The monoisotopic (exact) mass is 238 g/mol. The maximum atomic E-state index is 4.52. The molecular formula is C11H18N4S. The normalized spacial score (nSPS) is 22.6. The lowest BCUT2D eigenvalue weighted by atomic mass is 10.2. The predicted molar refractivity (Wildman–Crippen MR) is 68.7 cm³/mol. The van der Waals surface area contributed by atoms with Gasteiger partial charge in [-0.05, 0) is 12.8 Å². The van der Waals surface area contributed by atoms with Gasteiger partial charge in [-0.15, -0.1) is 0 Å². The molecule has 88 valence electrons. The molecule has 1 aromatic rings. The van der Waals surface area contributed by atoms with Gasteiger partial charge in [-0.25, -0.2) is 4.98 Å². The van der Waals surface area contributed by atoms with Crippen LogP contribution in [0, 0.1) is 5.92 Å². The van der Waals surface area contributed by atoms with Crippen LogP contribution in [0.25, 0.3) is 0 Å². The summed E-state index contributed by atoms with van der Waals surface area (Å²) in [5.74, 6) is 1.88. The van der Waals surface area contributed by atoms with Crippen LogP contribution in [0.15, 0.2) is 23.7 Å². The molecule has 2 heterocycles. The maximum absolute atomic E-state index is 4.52. The van der Waals surface area contributed by atoms with E-state index in [0.29, 0.717) is 12.0 Å². The summed E-state index contributed by atoms with van der Waals surface area (Å²) in [4.78, 5) is 8.56. The van der Waals surface area contributed by atoms with Crippen LogP contribution >= 0.6 is 11.8 Å². The van der Waals surface area contributed by atoms with Gasteiger partial charge >= 0.3 is 0 Å². The van der Waals surface area contributed by atoms with Crippen molar-refractivity contribution in [2.24, 2.45) is 10.9 Å². The first-order valence-corrected chi connectivity index (χ1v) is 6.62. The Morgan fingerprint density at radius 3 is 3.19 bits per heavy atom. The molecule has 1 aliphatic heterocycles. The van der Waals surface area contributed by atoms with Gasteiger partial charge < -0.3 is 9.88 Å². The second-order valence-electron chi connectivity index (χ2n) is 4.37. The molecule has 2 atom stereocenters. The summed E-state index contributed by atoms with van der Waals surface area (Å²) < 4.78 is 2.08. The zero-order valence-electron chi connectivity index (χ0n) is 9.76. The Hall–Kier alpha value is -0.970. The highest BCUT2D eigenvalue weighted by molar-refractivity contribution is 8.13. The Bertz CT molecular complexity index is 347. The number of thioether (sulfide) groups is 1. The molecule has 4 nitrogen and oxygen atoms in total. The third-order valence-corrected chi connectivity index (χ3v) is 3.72. The zero-order chi connectivity index (χ0) is 11.4. The molecule has 16 heavy (non-hydrogen) atoms. The van der Waals surface area contributed by atoms with Gasteiger partial charge in [0.05, 0.1) is 6.33 Å². The average Bonchev–Trinajstić information content (AvgIpc) is 2.74. The number of aromatic nitrogens is 2. The van der Waals surface area contributed by atoms with Gasteiger partial charge in [0.2, 0.25) is 0 Å². The Balaban J connectivity index is 1.81. The summed E-state index contributed by atoms with van der Waals surface area (Å²) in [6, 6.07) is 0.383. The number of hydrogen-bond acceptors (Lipinski definition) is 4. The topological polar surface area (TPSA) is 42.2 Å². The van der Waals surface area contributed by atoms with E-state index in [9.17, 15) is 0 Å². The van der Waals surface area contributed by atoms with Gasteiger partial charge in [-0.2, -0.15) is 0 Å². The van der Waals surface area contributed by atoms with E-state index in [1.165, 1.54) is 5.75 Å². The van der Waals surface area contributed by atoms with Gasteiger partial charge in [0.1, 0.15) is 0 Å². The number of amidine groups is 1. The molecule has 0 fully saturated rings. The molecule has 1 N–H and O–H groups in total. The minimum absolute atomic E-state index is 0.383. The van der Waals surface area contributed by atoms with Gasteiger partial charge in [-0.1, -0.05) is 18.7 Å². The fraction of sp³-hybridized carbons (Fsp3) is 0.636. The van der Waals surface area contributed by atoms with Crippen molar-refractivity contribution >= 4 is 16.9 Å².